The summed E-state index contributed by atoms with van der Waals surface area (Å²) in [6.45, 7) is 5.47. The molecule has 0 atom stereocenters. The first kappa shape index (κ1) is 14.8. The molecule has 0 aliphatic heterocycles. The lowest BCUT2D eigenvalue weighted by atomic mass is 9.93. The molecule has 1 rings (SSSR count). The largest absolute Gasteiger partial charge is 0.367 e. The third-order valence-corrected chi connectivity index (χ3v) is 3.16. The van der Waals surface area contributed by atoms with Crippen molar-refractivity contribution in [1.82, 2.24) is 9.88 Å². The SMILES string of the molecule is CN(CC(C)(C)CN)C(=O)CCCc1cc[nH]c1. The lowest BCUT2D eigenvalue weighted by Crippen LogP contribution is -2.39. The van der Waals surface area contributed by atoms with Crippen LogP contribution in [-0.4, -0.2) is 35.9 Å². The van der Waals surface area contributed by atoms with E-state index in [0.29, 0.717) is 19.5 Å². The standard InChI is InChI=1S/C14H25N3O/c1-14(2,10-15)11-17(3)13(18)6-4-5-12-7-8-16-9-12/h7-9,16H,4-6,10-11,15H2,1-3H3. The molecule has 0 bridgehead atoms. The summed E-state index contributed by atoms with van der Waals surface area (Å²) in [6.07, 6.45) is 6.33. The Balaban J connectivity index is 2.27. The fourth-order valence-corrected chi connectivity index (χ4v) is 1.94. The number of nitrogens with two attached hydrogens (primary N) is 1. The zero-order valence-electron chi connectivity index (χ0n) is 11.7. The summed E-state index contributed by atoms with van der Waals surface area (Å²) >= 11 is 0. The summed E-state index contributed by atoms with van der Waals surface area (Å²) < 4.78 is 0. The summed E-state index contributed by atoms with van der Waals surface area (Å²) in [5.41, 5.74) is 6.93. The number of aromatic amines is 1. The van der Waals surface area contributed by atoms with Crippen LogP contribution >= 0.6 is 0 Å². The summed E-state index contributed by atoms with van der Waals surface area (Å²) in [4.78, 5) is 16.8. The molecule has 0 aliphatic carbocycles. The second-order valence-electron chi connectivity index (χ2n) is 5.69. The number of nitrogens with zero attached hydrogens (tertiary/aromatic N) is 1. The lowest BCUT2D eigenvalue weighted by molar-refractivity contribution is -0.131. The van der Waals surface area contributed by atoms with Gasteiger partial charge in [-0.15, -0.1) is 0 Å². The van der Waals surface area contributed by atoms with Crippen LogP contribution in [-0.2, 0) is 11.2 Å². The minimum absolute atomic E-state index is 0.00888. The van der Waals surface area contributed by atoms with Crippen LogP contribution in [0.1, 0.15) is 32.3 Å². The van der Waals surface area contributed by atoms with Crippen LogP contribution < -0.4 is 5.73 Å². The van der Waals surface area contributed by atoms with E-state index in [2.05, 4.69) is 18.8 Å². The van der Waals surface area contributed by atoms with Gasteiger partial charge in [-0.2, -0.15) is 0 Å². The van der Waals surface area contributed by atoms with Gasteiger partial charge in [0.2, 0.25) is 5.91 Å². The van der Waals surface area contributed by atoms with Crippen molar-refractivity contribution in [2.75, 3.05) is 20.1 Å². The molecule has 1 amide bonds. The first-order valence-corrected chi connectivity index (χ1v) is 6.50. The van der Waals surface area contributed by atoms with E-state index in [4.69, 9.17) is 5.73 Å². The molecule has 0 spiro atoms. The monoisotopic (exact) mass is 251 g/mol. The number of hydrogen-bond acceptors (Lipinski definition) is 2. The highest BCUT2D eigenvalue weighted by molar-refractivity contribution is 5.75. The smallest absolute Gasteiger partial charge is 0.222 e. The number of rotatable bonds is 7. The van der Waals surface area contributed by atoms with Gasteiger partial charge in [-0.1, -0.05) is 13.8 Å². The van der Waals surface area contributed by atoms with Gasteiger partial charge in [0.25, 0.3) is 0 Å². The Hall–Kier alpha value is -1.29. The molecule has 0 aromatic carbocycles. The van der Waals surface area contributed by atoms with Crippen molar-refractivity contribution in [3.63, 3.8) is 0 Å². The second kappa shape index (κ2) is 6.59. The Kier molecular flexibility index (Phi) is 5.41. The van der Waals surface area contributed by atoms with Crippen molar-refractivity contribution < 1.29 is 4.79 Å². The molecule has 0 radical (unpaired) electrons. The zero-order valence-corrected chi connectivity index (χ0v) is 11.7. The van der Waals surface area contributed by atoms with Gasteiger partial charge in [0, 0.05) is 32.4 Å². The van der Waals surface area contributed by atoms with Crippen LogP contribution in [0.4, 0.5) is 0 Å². The number of aromatic nitrogens is 1. The number of carbonyl (C=O) groups is 1. The molecule has 1 heterocycles. The summed E-state index contributed by atoms with van der Waals surface area (Å²) in [6, 6.07) is 2.05. The van der Waals surface area contributed by atoms with Crippen molar-refractivity contribution in [2.24, 2.45) is 11.1 Å². The van der Waals surface area contributed by atoms with Crippen LogP contribution in [0, 0.1) is 5.41 Å². The van der Waals surface area contributed by atoms with E-state index >= 15 is 0 Å². The van der Waals surface area contributed by atoms with Crippen molar-refractivity contribution >= 4 is 5.91 Å². The molecular weight excluding hydrogens is 226 g/mol. The maximum atomic E-state index is 11.9. The van der Waals surface area contributed by atoms with Gasteiger partial charge < -0.3 is 15.6 Å². The van der Waals surface area contributed by atoms with Gasteiger partial charge in [-0.25, -0.2) is 0 Å². The molecule has 102 valence electrons. The molecule has 4 nitrogen and oxygen atoms in total. The maximum Gasteiger partial charge on any atom is 0.222 e. The Bertz CT molecular complexity index is 357. The summed E-state index contributed by atoms with van der Waals surface area (Å²) in [5, 5.41) is 0. The van der Waals surface area contributed by atoms with E-state index < -0.39 is 0 Å². The Labute approximate surface area is 110 Å². The average Bonchev–Trinajstić information content (AvgIpc) is 2.81. The Morgan fingerprint density at radius 2 is 2.22 bits per heavy atom. The quantitative estimate of drug-likeness (QED) is 0.776. The van der Waals surface area contributed by atoms with Crippen LogP contribution in [0.3, 0.4) is 0 Å². The van der Waals surface area contributed by atoms with E-state index in [9.17, 15) is 4.79 Å². The van der Waals surface area contributed by atoms with Crippen LogP contribution in [0.5, 0.6) is 0 Å². The molecule has 0 aliphatic rings. The Morgan fingerprint density at radius 1 is 1.50 bits per heavy atom. The molecule has 0 saturated carbocycles. The average molecular weight is 251 g/mol. The molecule has 0 fully saturated rings. The number of carbonyl (C=O) groups excluding carboxylic acids is 1. The van der Waals surface area contributed by atoms with Crippen LogP contribution in [0.2, 0.25) is 0 Å². The number of H-pyrrole nitrogens is 1. The normalized spacial score (nSPS) is 11.6. The lowest BCUT2D eigenvalue weighted by Gasteiger charge is -2.29. The van der Waals surface area contributed by atoms with Crippen molar-refractivity contribution in [3.8, 4) is 0 Å². The van der Waals surface area contributed by atoms with Gasteiger partial charge in [-0.05, 0) is 36.4 Å². The molecule has 1 aromatic heterocycles. The molecule has 0 saturated heterocycles. The first-order valence-electron chi connectivity index (χ1n) is 6.50. The fourth-order valence-electron chi connectivity index (χ4n) is 1.94. The minimum atomic E-state index is -0.00888. The van der Waals surface area contributed by atoms with E-state index in [1.165, 1.54) is 5.56 Å². The van der Waals surface area contributed by atoms with Gasteiger partial charge in [0.05, 0.1) is 0 Å². The molecule has 1 aromatic rings. The van der Waals surface area contributed by atoms with E-state index in [1.807, 2.05) is 25.5 Å². The van der Waals surface area contributed by atoms with Crippen LogP contribution in [0.25, 0.3) is 0 Å². The highest BCUT2D eigenvalue weighted by Gasteiger charge is 2.20. The van der Waals surface area contributed by atoms with Crippen molar-refractivity contribution in [1.29, 1.82) is 0 Å². The third-order valence-electron chi connectivity index (χ3n) is 3.16. The third kappa shape index (κ3) is 4.92. The van der Waals surface area contributed by atoms with Gasteiger partial charge in [0.15, 0.2) is 0 Å². The number of aryl methyl sites for hydroxylation is 1. The predicted octanol–water partition coefficient (Wildman–Crippen LogP) is 1.78. The van der Waals surface area contributed by atoms with E-state index in [1.54, 1.807) is 4.90 Å². The first-order chi connectivity index (χ1) is 8.44. The van der Waals surface area contributed by atoms with Gasteiger partial charge >= 0.3 is 0 Å². The van der Waals surface area contributed by atoms with E-state index in [-0.39, 0.29) is 11.3 Å². The fraction of sp³-hybridized carbons (Fsp3) is 0.643. The molecular formula is C14H25N3O. The summed E-state index contributed by atoms with van der Waals surface area (Å²) in [5.74, 6) is 0.201. The highest BCUT2D eigenvalue weighted by Crippen LogP contribution is 2.15. The summed E-state index contributed by atoms with van der Waals surface area (Å²) in [7, 11) is 1.86. The number of hydrogen-bond donors (Lipinski definition) is 2. The van der Waals surface area contributed by atoms with Crippen molar-refractivity contribution in [2.45, 2.75) is 33.1 Å². The van der Waals surface area contributed by atoms with E-state index in [0.717, 1.165) is 12.8 Å². The number of nitrogens with one attached hydrogen (secondary N) is 1. The predicted molar refractivity (Wildman–Crippen MR) is 74.2 cm³/mol. The zero-order chi connectivity index (χ0) is 13.6. The van der Waals surface area contributed by atoms with Gasteiger partial charge in [0.1, 0.15) is 0 Å². The van der Waals surface area contributed by atoms with Gasteiger partial charge in [-0.3, -0.25) is 4.79 Å². The maximum absolute atomic E-state index is 11.9. The van der Waals surface area contributed by atoms with Crippen LogP contribution in [0.15, 0.2) is 18.5 Å². The molecule has 4 heteroatoms. The minimum Gasteiger partial charge on any atom is -0.367 e. The number of amides is 1. The molecule has 0 unspecified atom stereocenters. The second-order valence-corrected chi connectivity index (χ2v) is 5.69. The topological polar surface area (TPSA) is 62.1 Å². The molecule has 3 N–H and O–H groups in total. The van der Waals surface area contributed by atoms with Crippen molar-refractivity contribution in [3.05, 3.63) is 24.0 Å². The Morgan fingerprint density at radius 3 is 2.78 bits per heavy atom. The molecule has 18 heavy (non-hydrogen) atoms. The highest BCUT2D eigenvalue weighted by atomic mass is 16.2.